The molecule has 164 valence electrons. The van der Waals surface area contributed by atoms with E-state index in [1.54, 1.807) is 12.3 Å². The molecule has 2 aromatic heterocycles. The lowest BCUT2D eigenvalue weighted by Crippen LogP contribution is -2.40. The number of carbonyl (C=O) groups is 1. The Labute approximate surface area is 185 Å². The molecule has 9 heteroatoms. The first-order valence-corrected chi connectivity index (χ1v) is 11.5. The van der Waals surface area contributed by atoms with Crippen LogP contribution in [0.1, 0.15) is 36.6 Å². The SMILES string of the molecule is CC1(C)Cc2c(c(N3CCOCC3)nc3c2C(N)C(C(=O)Nc2ccccn2)S3)CO1. The summed E-state index contributed by atoms with van der Waals surface area (Å²) in [6, 6.07) is 4.99. The van der Waals surface area contributed by atoms with Crippen molar-refractivity contribution in [3.05, 3.63) is 41.1 Å². The van der Waals surface area contributed by atoms with Crippen molar-refractivity contribution in [3.63, 3.8) is 0 Å². The lowest BCUT2D eigenvalue weighted by atomic mass is 9.86. The topological polar surface area (TPSA) is 103 Å². The van der Waals surface area contributed by atoms with E-state index in [0.717, 1.165) is 41.5 Å². The smallest absolute Gasteiger partial charge is 0.241 e. The minimum absolute atomic E-state index is 0.151. The summed E-state index contributed by atoms with van der Waals surface area (Å²) in [6.07, 6.45) is 2.40. The van der Waals surface area contributed by atoms with Gasteiger partial charge in [-0.15, -0.1) is 0 Å². The molecule has 2 aromatic rings. The molecule has 1 saturated heterocycles. The predicted molar refractivity (Wildman–Crippen MR) is 119 cm³/mol. The minimum Gasteiger partial charge on any atom is -0.378 e. The number of carbonyl (C=O) groups excluding carboxylic acids is 1. The largest absolute Gasteiger partial charge is 0.378 e. The Kier molecular flexibility index (Phi) is 5.37. The van der Waals surface area contributed by atoms with E-state index in [1.165, 1.54) is 17.3 Å². The first-order valence-electron chi connectivity index (χ1n) is 10.6. The number of hydrogen-bond donors (Lipinski definition) is 2. The standard InChI is InChI=1S/C22H27N5O3S/c1-22(2)11-13-14(12-30-22)19(27-7-9-29-10-8-27)26-21-16(13)17(23)18(31-21)20(28)25-15-5-3-4-6-24-15/h3-6,17-18H,7-12,23H2,1-2H3,(H,24,25,28). The molecule has 0 bridgehead atoms. The van der Waals surface area contributed by atoms with E-state index in [-0.39, 0.29) is 11.5 Å². The van der Waals surface area contributed by atoms with Gasteiger partial charge in [-0.05, 0) is 31.5 Å². The van der Waals surface area contributed by atoms with E-state index >= 15 is 0 Å². The molecule has 3 aliphatic heterocycles. The highest BCUT2D eigenvalue weighted by Crippen LogP contribution is 2.48. The molecule has 2 unspecified atom stereocenters. The lowest BCUT2D eigenvalue weighted by Gasteiger charge is -2.37. The summed E-state index contributed by atoms with van der Waals surface area (Å²) in [6.45, 7) is 7.64. The van der Waals surface area contributed by atoms with Gasteiger partial charge in [0, 0.05) is 36.8 Å². The number of fused-ring (bicyclic) bond motifs is 3. The van der Waals surface area contributed by atoms with Crippen LogP contribution in [0.2, 0.25) is 0 Å². The van der Waals surface area contributed by atoms with Gasteiger partial charge in [0.1, 0.15) is 21.9 Å². The molecule has 0 radical (unpaired) electrons. The van der Waals surface area contributed by atoms with Crippen LogP contribution in [-0.2, 0) is 27.3 Å². The summed E-state index contributed by atoms with van der Waals surface area (Å²) < 4.78 is 11.7. The Morgan fingerprint density at radius 2 is 2.10 bits per heavy atom. The molecule has 5 rings (SSSR count). The van der Waals surface area contributed by atoms with Crippen molar-refractivity contribution < 1.29 is 14.3 Å². The molecule has 0 spiro atoms. The lowest BCUT2D eigenvalue weighted by molar-refractivity contribution is -0.116. The van der Waals surface area contributed by atoms with Crippen LogP contribution in [0.15, 0.2) is 29.4 Å². The number of nitrogens with two attached hydrogens (primary N) is 1. The molecular formula is C22H27N5O3S. The predicted octanol–water partition coefficient (Wildman–Crippen LogP) is 2.28. The Morgan fingerprint density at radius 1 is 1.29 bits per heavy atom. The molecule has 3 aliphatic rings. The number of nitrogens with one attached hydrogen (secondary N) is 1. The van der Waals surface area contributed by atoms with E-state index in [0.29, 0.717) is 25.6 Å². The van der Waals surface area contributed by atoms with Gasteiger partial charge in [0.25, 0.3) is 0 Å². The van der Waals surface area contributed by atoms with Gasteiger partial charge in [0.2, 0.25) is 5.91 Å². The fraction of sp³-hybridized carbons (Fsp3) is 0.500. The van der Waals surface area contributed by atoms with Crippen LogP contribution < -0.4 is 16.0 Å². The summed E-state index contributed by atoms with van der Waals surface area (Å²) in [4.78, 5) is 24.5. The maximum atomic E-state index is 13.0. The fourth-order valence-corrected chi connectivity index (χ4v) is 5.63. The van der Waals surface area contributed by atoms with Gasteiger partial charge in [0.15, 0.2) is 0 Å². The number of hydrogen-bond acceptors (Lipinski definition) is 8. The summed E-state index contributed by atoms with van der Waals surface area (Å²) in [5.74, 6) is 1.31. The van der Waals surface area contributed by atoms with Crippen LogP contribution in [-0.4, -0.2) is 53.0 Å². The quantitative estimate of drug-likeness (QED) is 0.748. The Balaban J connectivity index is 1.51. The van der Waals surface area contributed by atoms with Crippen LogP contribution in [0.3, 0.4) is 0 Å². The number of nitrogens with zero attached hydrogens (tertiary/aromatic N) is 3. The third-order valence-electron chi connectivity index (χ3n) is 5.99. The molecule has 0 aromatic carbocycles. The monoisotopic (exact) mass is 441 g/mol. The fourth-order valence-electron chi connectivity index (χ4n) is 4.41. The van der Waals surface area contributed by atoms with E-state index in [1.807, 2.05) is 12.1 Å². The number of pyridine rings is 2. The number of ether oxygens (including phenoxy) is 2. The molecule has 2 atom stereocenters. The second-order valence-electron chi connectivity index (χ2n) is 8.70. The van der Waals surface area contributed by atoms with Crippen LogP contribution in [0.4, 0.5) is 11.6 Å². The zero-order chi connectivity index (χ0) is 21.6. The first kappa shape index (κ1) is 20.7. The van der Waals surface area contributed by atoms with Crippen molar-refractivity contribution >= 4 is 29.3 Å². The highest BCUT2D eigenvalue weighted by atomic mass is 32.2. The second-order valence-corrected chi connectivity index (χ2v) is 9.83. The second kappa shape index (κ2) is 8.05. The molecule has 3 N–H and O–H groups in total. The van der Waals surface area contributed by atoms with Crippen molar-refractivity contribution in [2.24, 2.45) is 5.73 Å². The van der Waals surface area contributed by atoms with Crippen LogP contribution in [0.5, 0.6) is 0 Å². The summed E-state index contributed by atoms with van der Waals surface area (Å²) in [5.41, 5.74) is 9.67. The number of anilines is 2. The van der Waals surface area contributed by atoms with Crippen LogP contribution in [0.25, 0.3) is 0 Å². The van der Waals surface area contributed by atoms with Gasteiger partial charge >= 0.3 is 0 Å². The van der Waals surface area contributed by atoms with Gasteiger partial charge in [-0.25, -0.2) is 9.97 Å². The van der Waals surface area contributed by atoms with Crippen molar-refractivity contribution in [2.45, 2.75) is 48.8 Å². The number of thioether (sulfide) groups is 1. The highest BCUT2D eigenvalue weighted by Gasteiger charge is 2.43. The molecule has 8 nitrogen and oxygen atoms in total. The molecule has 1 amide bonds. The Morgan fingerprint density at radius 3 is 2.84 bits per heavy atom. The first-order chi connectivity index (χ1) is 14.9. The van der Waals surface area contributed by atoms with E-state index in [4.69, 9.17) is 20.2 Å². The third-order valence-corrected chi connectivity index (χ3v) is 7.29. The van der Waals surface area contributed by atoms with Gasteiger partial charge < -0.3 is 25.4 Å². The summed E-state index contributed by atoms with van der Waals surface area (Å²) in [5, 5.41) is 3.29. The third kappa shape index (κ3) is 3.91. The molecule has 0 saturated carbocycles. The van der Waals surface area contributed by atoms with Gasteiger partial charge in [-0.1, -0.05) is 17.8 Å². The Hall–Kier alpha value is -2.20. The zero-order valence-electron chi connectivity index (χ0n) is 17.8. The molecule has 5 heterocycles. The number of amides is 1. The van der Waals surface area contributed by atoms with Gasteiger partial charge in [-0.3, -0.25) is 4.79 Å². The molecule has 31 heavy (non-hydrogen) atoms. The zero-order valence-corrected chi connectivity index (χ0v) is 18.6. The average molecular weight is 442 g/mol. The summed E-state index contributed by atoms with van der Waals surface area (Å²) in [7, 11) is 0. The summed E-state index contributed by atoms with van der Waals surface area (Å²) >= 11 is 1.45. The van der Waals surface area contributed by atoms with Crippen molar-refractivity contribution in [3.8, 4) is 0 Å². The van der Waals surface area contributed by atoms with Crippen LogP contribution >= 0.6 is 11.8 Å². The van der Waals surface area contributed by atoms with Crippen molar-refractivity contribution in [1.82, 2.24) is 9.97 Å². The Bertz CT molecular complexity index is 994. The number of rotatable bonds is 3. The van der Waals surface area contributed by atoms with Crippen LogP contribution in [0, 0.1) is 0 Å². The average Bonchev–Trinajstić information content (AvgIpc) is 3.10. The van der Waals surface area contributed by atoms with E-state index in [9.17, 15) is 4.79 Å². The van der Waals surface area contributed by atoms with Gasteiger partial charge in [-0.2, -0.15) is 0 Å². The van der Waals surface area contributed by atoms with Crippen molar-refractivity contribution in [2.75, 3.05) is 36.5 Å². The number of morpholine rings is 1. The maximum absolute atomic E-state index is 13.0. The van der Waals surface area contributed by atoms with E-state index in [2.05, 4.69) is 29.0 Å². The minimum atomic E-state index is -0.459. The molecular weight excluding hydrogens is 414 g/mol. The van der Waals surface area contributed by atoms with Crippen molar-refractivity contribution in [1.29, 1.82) is 0 Å². The van der Waals surface area contributed by atoms with Gasteiger partial charge in [0.05, 0.1) is 31.5 Å². The normalized spacial score (nSPS) is 24.4. The number of aromatic nitrogens is 2. The highest BCUT2D eigenvalue weighted by molar-refractivity contribution is 8.01. The van der Waals surface area contributed by atoms with E-state index < -0.39 is 11.3 Å². The molecule has 0 aliphatic carbocycles. The maximum Gasteiger partial charge on any atom is 0.241 e. The molecule has 1 fully saturated rings.